The Morgan fingerprint density at radius 2 is 1.56 bits per heavy atom. The van der Waals surface area contributed by atoms with Crippen LogP contribution in [0, 0.1) is 6.92 Å². The fraction of sp³-hybridized carbons (Fsp3) is 0.0526. The van der Waals surface area contributed by atoms with Crippen LogP contribution >= 0.6 is 0 Å². The predicted molar refractivity (Wildman–Crippen MR) is 99.0 cm³/mol. The van der Waals surface area contributed by atoms with Gasteiger partial charge >= 0.3 is 0 Å². The number of hydrogen-bond donors (Lipinski definition) is 1. The second-order valence-electron chi connectivity index (χ2n) is 5.77. The van der Waals surface area contributed by atoms with Crippen molar-refractivity contribution in [2.24, 2.45) is 0 Å². The highest BCUT2D eigenvalue weighted by Gasteiger charge is 2.19. The number of sulfonamides is 1. The lowest BCUT2D eigenvalue weighted by Crippen LogP contribution is -2.14. The molecule has 0 aliphatic carbocycles. The molecule has 0 amide bonds. The largest absolute Gasteiger partial charge is 0.277 e. The summed E-state index contributed by atoms with van der Waals surface area (Å²) in [5.74, 6) is 0. The topological polar surface area (TPSA) is 72.0 Å². The first-order chi connectivity index (χ1) is 12.1. The minimum absolute atomic E-state index is 0.203. The molecule has 0 fully saturated rings. The maximum Gasteiger partial charge on any atom is 0.262 e. The highest BCUT2D eigenvalue weighted by Crippen LogP contribution is 2.28. The van der Waals surface area contributed by atoms with Crippen LogP contribution in [-0.4, -0.2) is 18.4 Å². The lowest BCUT2D eigenvalue weighted by atomic mass is 10.1. The van der Waals surface area contributed by atoms with Gasteiger partial charge in [0.25, 0.3) is 10.0 Å². The molecule has 4 aromatic rings. The quantitative estimate of drug-likeness (QED) is 0.609. The number of nitrogens with one attached hydrogen (secondary N) is 1. The summed E-state index contributed by atoms with van der Waals surface area (Å²) in [5, 5.41) is 1.47. The molecule has 2 heterocycles. The molecule has 0 aliphatic rings. The van der Waals surface area contributed by atoms with E-state index >= 15 is 0 Å². The van der Waals surface area contributed by atoms with Crippen molar-refractivity contribution >= 4 is 37.5 Å². The summed E-state index contributed by atoms with van der Waals surface area (Å²) in [7, 11) is -3.78. The molecule has 0 aliphatic heterocycles. The maximum absolute atomic E-state index is 13.0. The number of hydrogen-bond acceptors (Lipinski definition) is 4. The van der Waals surface area contributed by atoms with Crippen LogP contribution in [0.15, 0.2) is 71.9 Å². The van der Waals surface area contributed by atoms with E-state index in [9.17, 15) is 8.42 Å². The predicted octanol–water partition coefficient (Wildman–Crippen LogP) is 3.89. The minimum Gasteiger partial charge on any atom is -0.277 e. The molecule has 4 rings (SSSR count). The van der Waals surface area contributed by atoms with Crippen molar-refractivity contribution in [1.29, 1.82) is 0 Å². The average Bonchev–Trinajstić information content (AvgIpc) is 2.62. The molecule has 0 unspecified atom stereocenters. The van der Waals surface area contributed by atoms with Crippen molar-refractivity contribution in [3.8, 4) is 0 Å². The number of para-hydroxylation sites is 1. The molecule has 0 radical (unpaired) electrons. The van der Waals surface area contributed by atoms with E-state index in [2.05, 4.69) is 14.7 Å². The number of aromatic nitrogens is 2. The number of aryl methyl sites for hydroxylation is 1. The van der Waals surface area contributed by atoms with E-state index in [1.165, 1.54) is 0 Å². The summed E-state index contributed by atoms with van der Waals surface area (Å²) >= 11 is 0. The second-order valence-corrected chi connectivity index (χ2v) is 7.42. The zero-order chi connectivity index (χ0) is 17.4. The molecule has 0 saturated heterocycles. The zero-order valence-corrected chi connectivity index (χ0v) is 14.3. The van der Waals surface area contributed by atoms with Crippen LogP contribution in [0.1, 0.15) is 5.56 Å². The van der Waals surface area contributed by atoms with Gasteiger partial charge in [0, 0.05) is 23.2 Å². The Hall–Kier alpha value is -2.99. The van der Waals surface area contributed by atoms with E-state index in [0.29, 0.717) is 22.1 Å². The number of pyridine rings is 2. The van der Waals surface area contributed by atoms with Crippen molar-refractivity contribution in [3.05, 3.63) is 72.6 Å². The molecular weight excluding hydrogens is 334 g/mol. The molecule has 25 heavy (non-hydrogen) atoms. The van der Waals surface area contributed by atoms with Gasteiger partial charge in [-0.05, 0) is 42.8 Å². The summed E-state index contributed by atoms with van der Waals surface area (Å²) < 4.78 is 28.7. The summed E-state index contributed by atoms with van der Waals surface area (Å²) in [5.41, 5.74) is 2.68. The molecule has 2 aromatic carbocycles. The summed E-state index contributed by atoms with van der Waals surface area (Å²) in [4.78, 5) is 8.81. The Bertz CT molecular complexity index is 1200. The van der Waals surface area contributed by atoms with Gasteiger partial charge < -0.3 is 0 Å². The molecule has 0 atom stereocenters. The van der Waals surface area contributed by atoms with Gasteiger partial charge in [0.15, 0.2) is 0 Å². The normalized spacial score (nSPS) is 11.7. The van der Waals surface area contributed by atoms with Gasteiger partial charge in [0.2, 0.25) is 0 Å². The van der Waals surface area contributed by atoms with E-state index in [0.717, 1.165) is 10.9 Å². The van der Waals surface area contributed by atoms with Gasteiger partial charge in [-0.15, -0.1) is 0 Å². The van der Waals surface area contributed by atoms with Crippen LogP contribution < -0.4 is 4.72 Å². The molecule has 0 saturated carbocycles. The van der Waals surface area contributed by atoms with Gasteiger partial charge in [0.1, 0.15) is 0 Å². The van der Waals surface area contributed by atoms with Crippen LogP contribution in [0.2, 0.25) is 0 Å². The van der Waals surface area contributed by atoms with Gasteiger partial charge in [-0.25, -0.2) is 8.42 Å². The van der Waals surface area contributed by atoms with Gasteiger partial charge in [-0.2, -0.15) is 0 Å². The van der Waals surface area contributed by atoms with Gasteiger partial charge in [-0.1, -0.05) is 24.3 Å². The van der Waals surface area contributed by atoms with E-state index in [1.807, 2.05) is 25.1 Å². The van der Waals surface area contributed by atoms with Crippen LogP contribution in [-0.2, 0) is 10.0 Å². The minimum atomic E-state index is -3.78. The Morgan fingerprint density at radius 1 is 0.840 bits per heavy atom. The third-order valence-corrected chi connectivity index (χ3v) is 5.52. The molecular formula is C19H15N3O2S. The molecule has 6 heteroatoms. The first kappa shape index (κ1) is 15.5. The monoisotopic (exact) mass is 349 g/mol. The third-order valence-electron chi connectivity index (χ3n) is 4.10. The lowest BCUT2D eigenvalue weighted by molar-refractivity contribution is 0.602. The van der Waals surface area contributed by atoms with Gasteiger partial charge in [0.05, 0.1) is 21.6 Å². The fourth-order valence-corrected chi connectivity index (χ4v) is 4.17. The number of nitrogens with zero attached hydrogens (tertiary/aromatic N) is 2. The highest BCUT2D eigenvalue weighted by atomic mass is 32.2. The van der Waals surface area contributed by atoms with E-state index in [4.69, 9.17) is 0 Å². The van der Waals surface area contributed by atoms with Crippen molar-refractivity contribution < 1.29 is 8.42 Å². The average molecular weight is 349 g/mol. The first-order valence-electron chi connectivity index (χ1n) is 7.77. The smallest absolute Gasteiger partial charge is 0.262 e. The Labute approximate surface area is 145 Å². The maximum atomic E-state index is 13.0. The SMILES string of the molecule is Cc1ccc(S(=O)(=O)Nc2cccc3cccnc23)c2cccnc12. The highest BCUT2D eigenvalue weighted by molar-refractivity contribution is 7.93. The summed E-state index contributed by atoms with van der Waals surface area (Å²) in [6.45, 7) is 1.91. The van der Waals surface area contributed by atoms with Crippen LogP contribution in [0.25, 0.3) is 21.8 Å². The Kier molecular flexibility index (Phi) is 3.62. The van der Waals surface area contributed by atoms with Crippen LogP contribution in [0.3, 0.4) is 0 Å². The summed E-state index contributed by atoms with van der Waals surface area (Å²) in [6, 6.07) is 16.0. The molecule has 5 nitrogen and oxygen atoms in total. The number of rotatable bonds is 3. The fourth-order valence-electron chi connectivity index (χ4n) is 2.91. The van der Waals surface area contributed by atoms with Gasteiger partial charge in [-0.3, -0.25) is 14.7 Å². The lowest BCUT2D eigenvalue weighted by Gasteiger charge is -2.12. The standard InChI is InChI=1S/C19H15N3O2S/c1-13-9-10-17(15-7-4-12-20-18(13)15)25(23,24)22-16-8-2-5-14-6-3-11-21-19(14)16/h2-12,22H,1H3. The second kappa shape index (κ2) is 5.82. The third kappa shape index (κ3) is 2.70. The van der Waals surface area contributed by atoms with Crippen molar-refractivity contribution in [3.63, 3.8) is 0 Å². The zero-order valence-electron chi connectivity index (χ0n) is 13.5. The van der Waals surface area contributed by atoms with E-state index in [-0.39, 0.29) is 4.90 Å². The molecule has 124 valence electrons. The summed E-state index contributed by atoms with van der Waals surface area (Å²) in [6.07, 6.45) is 3.30. The molecule has 0 bridgehead atoms. The van der Waals surface area contributed by atoms with Crippen molar-refractivity contribution in [2.75, 3.05) is 4.72 Å². The molecule has 2 aromatic heterocycles. The molecule has 1 N–H and O–H groups in total. The van der Waals surface area contributed by atoms with Crippen molar-refractivity contribution in [2.45, 2.75) is 11.8 Å². The molecule has 0 spiro atoms. The Balaban J connectivity index is 1.87. The van der Waals surface area contributed by atoms with Crippen molar-refractivity contribution in [1.82, 2.24) is 9.97 Å². The van der Waals surface area contributed by atoms with E-state index < -0.39 is 10.0 Å². The number of fused-ring (bicyclic) bond motifs is 2. The number of benzene rings is 2. The Morgan fingerprint density at radius 3 is 2.40 bits per heavy atom. The van der Waals surface area contributed by atoms with Crippen LogP contribution in [0.5, 0.6) is 0 Å². The van der Waals surface area contributed by atoms with E-state index in [1.54, 1.807) is 48.8 Å². The number of anilines is 1. The first-order valence-corrected chi connectivity index (χ1v) is 9.25. The van der Waals surface area contributed by atoms with Crippen LogP contribution in [0.4, 0.5) is 5.69 Å².